The van der Waals surface area contributed by atoms with Gasteiger partial charge in [-0.3, -0.25) is 0 Å². The van der Waals surface area contributed by atoms with E-state index >= 15 is 0 Å². The van der Waals surface area contributed by atoms with E-state index in [1.54, 1.807) is 0 Å². The van der Waals surface area contributed by atoms with Crippen molar-refractivity contribution in [2.75, 3.05) is 32.5 Å². The molecule has 1 N–H and O–H groups in total. The van der Waals surface area contributed by atoms with Gasteiger partial charge in [0.15, 0.2) is 0 Å². The number of pyridine rings is 1. The average molecular weight is 272 g/mol. The zero-order valence-electron chi connectivity index (χ0n) is 12.8. The highest BCUT2D eigenvalue weighted by Crippen LogP contribution is 2.29. The number of aryl methyl sites for hydroxylation is 1. The highest BCUT2D eigenvalue weighted by Gasteiger charge is 2.20. The number of nitrogens with one attached hydrogen (secondary N) is 1. The maximum absolute atomic E-state index is 9.47. The number of nitrogens with zero attached hydrogens (tertiary/aromatic N) is 3. The number of nitriles is 1. The third-order valence-corrected chi connectivity index (χ3v) is 3.91. The van der Waals surface area contributed by atoms with Crippen LogP contribution in [0.25, 0.3) is 0 Å². The van der Waals surface area contributed by atoms with Gasteiger partial charge in [-0.15, -0.1) is 0 Å². The maximum atomic E-state index is 9.47. The molecule has 0 bridgehead atoms. The van der Waals surface area contributed by atoms with Gasteiger partial charge < -0.3 is 10.2 Å². The van der Waals surface area contributed by atoms with Gasteiger partial charge in [-0.1, -0.05) is 0 Å². The molecule has 108 valence electrons. The van der Waals surface area contributed by atoms with Crippen molar-refractivity contribution in [1.82, 2.24) is 9.88 Å². The van der Waals surface area contributed by atoms with E-state index in [0.29, 0.717) is 0 Å². The Morgan fingerprint density at radius 3 is 2.60 bits per heavy atom. The van der Waals surface area contributed by atoms with Crippen LogP contribution < -0.4 is 5.32 Å². The molecule has 0 atom stereocenters. The Morgan fingerprint density at radius 2 is 1.95 bits per heavy atom. The first-order chi connectivity index (χ1) is 9.63. The molecular weight excluding hydrogens is 248 g/mol. The van der Waals surface area contributed by atoms with Gasteiger partial charge in [-0.2, -0.15) is 5.26 Å². The first-order valence-corrected chi connectivity index (χ1v) is 7.44. The predicted octanol–water partition coefficient (Wildman–Crippen LogP) is 2.50. The van der Waals surface area contributed by atoms with E-state index in [9.17, 15) is 5.26 Å². The molecule has 0 aliphatic heterocycles. The molecule has 1 aromatic heterocycles. The van der Waals surface area contributed by atoms with E-state index in [0.717, 1.165) is 49.4 Å². The lowest BCUT2D eigenvalue weighted by molar-refractivity contribution is 0.405. The van der Waals surface area contributed by atoms with Gasteiger partial charge in [0.25, 0.3) is 0 Å². The molecule has 0 saturated carbocycles. The van der Waals surface area contributed by atoms with Crippen LogP contribution in [0.1, 0.15) is 41.6 Å². The van der Waals surface area contributed by atoms with Crippen molar-refractivity contribution in [3.8, 4) is 6.07 Å². The van der Waals surface area contributed by atoms with E-state index in [1.807, 2.05) is 0 Å². The van der Waals surface area contributed by atoms with Crippen LogP contribution in [0, 0.1) is 18.3 Å². The monoisotopic (exact) mass is 272 g/mol. The molecule has 0 unspecified atom stereocenters. The van der Waals surface area contributed by atoms with E-state index in [-0.39, 0.29) is 0 Å². The fourth-order valence-corrected chi connectivity index (χ4v) is 2.86. The first-order valence-electron chi connectivity index (χ1n) is 7.44. The second-order valence-corrected chi connectivity index (χ2v) is 5.78. The van der Waals surface area contributed by atoms with Crippen molar-refractivity contribution in [2.45, 2.75) is 39.0 Å². The third-order valence-electron chi connectivity index (χ3n) is 3.91. The topological polar surface area (TPSA) is 52.0 Å². The van der Waals surface area contributed by atoms with Crippen LogP contribution >= 0.6 is 0 Å². The average Bonchev–Trinajstić information content (AvgIpc) is 2.44. The summed E-state index contributed by atoms with van der Waals surface area (Å²) in [6.07, 6.45) is 5.55. The van der Waals surface area contributed by atoms with Gasteiger partial charge in [0.1, 0.15) is 11.9 Å². The van der Waals surface area contributed by atoms with Gasteiger partial charge in [0.05, 0.1) is 5.56 Å². The summed E-state index contributed by atoms with van der Waals surface area (Å²) in [4.78, 5) is 6.79. The predicted molar refractivity (Wildman–Crippen MR) is 82.0 cm³/mol. The van der Waals surface area contributed by atoms with Crippen molar-refractivity contribution in [3.05, 3.63) is 22.4 Å². The number of anilines is 1. The number of aromatic nitrogens is 1. The van der Waals surface area contributed by atoms with E-state index in [4.69, 9.17) is 0 Å². The Kier molecular flexibility index (Phi) is 4.97. The summed E-state index contributed by atoms with van der Waals surface area (Å²) >= 11 is 0. The standard InChI is InChI=1S/C16H24N4/c1-12-13-7-4-5-8-14(13)15(11-17)16(19-12)18-9-6-10-20(2)3/h4-10H2,1-3H3,(H,18,19). The van der Waals surface area contributed by atoms with Gasteiger partial charge in [0.2, 0.25) is 0 Å². The fraction of sp³-hybridized carbons (Fsp3) is 0.625. The molecule has 4 heteroatoms. The van der Waals surface area contributed by atoms with Crippen LogP contribution in [0.5, 0.6) is 0 Å². The SMILES string of the molecule is Cc1nc(NCCCN(C)C)c(C#N)c2c1CCCC2. The zero-order chi connectivity index (χ0) is 14.5. The Bertz CT molecular complexity index is 514. The molecule has 1 aliphatic carbocycles. The molecular formula is C16H24N4. The van der Waals surface area contributed by atoms with E-state index < -0.39 is 0 Å². The van der Waals surface area contributed by atoms with Crippen LogP contribution in [0.15, 0.2) is 0 Å². The molecule has 1 aromatic rings. The van der Waals surface area contributed by atoms with Crippen LogP contribution in [0.3, 0.4) is 0 Å². The first kappa shape index (κ1) is 14.8. The van der Waals surface area contributed by atoms with Gasteiger partial charge in [0, 0.05) is 12.2 Å². The lowest BCUT2D eigenvalue weighted by Crippen LogP contribution is -2.18. The Morgan fingerprint density at radius 1 is 1.25 bits per heavy atom. The molecule has 1 aliphatic rings. The van der Waals surface area contributed by atoms with Crippen LogP contribution in [0.2, 0.25) is 0 Å². The smallest absolute Gasteiger partial charge is 0.144 e. The van der Waals surface area contributed by atoms with Gasteiger partial charge in [-0.25, -0.2) is 4.98 Å². The summed E-state index contributed by atoms with van der Waals surface area (Å²) in [5.41, 5.74) is 4.41. The molecule has 4 nitrogen and oxygen atoms in total. The van der Waals surface area contributed by atoms with Crippen molar-refractivity contribution in [3.63, 3.8) is 0 Å². The fourth-order valence-electron chi connectivity index (χ4n) is 2.86. The molecule has 0 fully saturated rings. The maximum Gasteiger partial charge on any atom is 0.144 e. The van der Waals surface area contributed by atoms with E-state index in [1.165, 1.54) is 24.0 Å². The summed E-state index contributed by atoms with van der Waals surface area (Å²) < 4.78 is 0. The Labute approximate surface area is 121 Å². The summed E-state index contributed by atoms with van der Waals surface area (Å²) in [5.74, 6) is 0.782. The summed E-state index contributed by atoms with van der Waals surface area (Å²) in [7, 11) is 4.14. The number of hydrogen-bond donors (Lipinski definition) is 1. The van der Waals surface area contributed by atoms with Gasteiger partial charge in [-0.05, 0) is 70.8 Å². The highest BCUT2D eigenvalue weighted by atomic mass is 15.1. The van der Waals surface area contributed by atoms with Gasteiger partial charge >= 0.3 is 0 Å². The molecule has 1 heterocycles. The minimum atomic E-state index is 0.773. The normalized spacial score (nSPS) is 13.9. The minimum Gasteiger partial charge on any atom is -0.369 e. The molecule has 0 radical (unpaired) electrons. The lowest BCUT2D eigenvalue weighted by Gasteiger charge is -2.21. The summed E-state index contributed by atoms with van der Waals surface area (Å²) in [6.45, 7) is 3.97. The lowest BCUT2D eigenvalue weighted by atomic mass is 9.88. The summed E-state index contributed by atoms with van der Waals surface area (Å²) in [5, 5.41) is 12.8. The number of hydrogen-bond acceptors (Lipinski definition) is 4. The Balaban J connectivity index is 2.16. The third kappa shape index (κ3) is 3.29. The Hall–Kier alpha value is -1.60. The molecule has 0 amide bonds. The molecule has 20 heavy (non-hydrogen) atoms. The largest absolute Gasteiger partial charge is 0.369 e. The second kappa shape index (κ2) is 6.71. The summed E-state index contributed by atoms with van der Waals surface area (Å²) in [6, 6.07) is 2.37. The van der Waals surface area contributed by atoms with Crippen molar-refractivity contribution in [2.24, 2.45) is 0 Å². The van der Waals surface area contributed by atoms with Crippen molar-refractivity contribution >= 4 is 5.82 Å². The molecule has 2 rings (SSSR count). The van der Waals surface area contributed by atoms with Crippen molar-refractivity contribution < 1.29 is 0 Å². The molecule has 0 aromatic carbocycles. The molecule has 0 spiro atoms. The number of rotatable bonds is 5. The quantitative estimate of drug-likeness (QED) is 0.837. The van der Waals surface area contributed by atoms with Crippen molar-refractivity contribution in [1.29, 1.82) is 5.26 Å². The zero-order valence-corrected chi connectivity index (χ0v) is 12.8. The molecule has 0 saturated heterocycles. The van der Waals surface area contributed by atoms with E-state index in [2.05, 4.69) is 42.3 Å². The highest BCUT2D eigenvalue weighted by molar-refractivity contribution is 5.60. The van der Waals surface area contributed by atoms with Crippen LogP contribution in [-0.4, -0.2) is 37.1 Å². The number of fused-ring (bicyclic) bond motifs is 1. The van der Waals surface area contributed by atoms with Crippen LogP contribution in [-0.2, 0) is 12.8 Å². The van der Waals surface area contributed by atoms with Crippen LogP contribution in [0.4, 0.5) is 5.82 Å². The minimum absolute atomic E-state index is 0.773. The second-order valence-electron chi connectivity index (χ2n) is 5.78.